The molecule has 1 aromatic carbocycles. The number of ether oxygens (including phenoxy) is 1. The second-order valence-electron chi connectivity index (χ2n) is 4.74. The van der Waals surface area contributed by atoms with Crippen LogP contribution in [0.2, 0.25) is 0 Å². The molecule has 2 nitrogen and oxygen atoms in total. The largest absolute Gasteiger partial charge is 0.374 e. The highest BCUT2D eigenvalue weighted by atomic mass is 79.9. The fourth-order valence-corrected chi connectivity index (χ4v) is 2.53. The van der Waals surface area contributed by atoms with Crippen LogP contribution in [0, 0.1) is 5.82 Å². The number of hydrogen-bond acceptors (Lipinski definition) is 2. The minimum atomic E-state index is -0.168. The Morgan fingerprint density at radius 3 is 3.06 bits per heavy atom. The third kappa shape index (κ3) is 3.50. The topological polar surface area (TPSA) is 21.3 Å². The summed E-state index contributed by atoms with van der Waals surface area (Å²) in [6.07, 6.45) is 2.18. The summed E-state index contributed by atoms with van der Waals surface area (Å²) in [6.45, 7) is 4.23. The molecule has 94 valence electrons. The van der Waals surface area contributed by atoms with Crippen molar-refractivity contribution >= 4 is 15.9 Å². The first kappa shape index (κ1) is 13.0. The Balaban J connectivity index is 1.87. The zero-order valence-electron chi connectivity index (χ0n) is 9.93. The van der Waals surface area contributed by atoms with Crippen molar-refractivity contribution in [3.05, 3.63) is 34.1 Å². The molecule has 0 spiro atoms. The van der Waals surface area contributed by atoms with Gasteiger partial charge in [0.05, 0.1) is 5.60 Å². The van der Waals surface area contributed by atoms with Gasteiger partial charge in [-0.1, -0.05) is 15.9 Å². The molecule has 1 N–H and O–H groups in total. The molecule has 0 bridgehead atoms. The first-order valence-corrected chi connectivity index (χ1v) is 6.67. The van der Waals surface area contributed by atoms with Crippen molar-refractivity contribution in [3.8, 4) is 0 Å². The predicted molar refractivity (Wildman–Crippen MR) is 69.4 cm³/mol. The van der Waals surface area contributed by atoms with Crippen LogP contribution >= 0.6 is 15.9 Å². The molecular weight excluding hydrogens is 285 g/mol. The van der Waals surface area contributed by atoms with Crippen molar-refractivity contribution in [2.24, 2.45) is 0 Å². The lowest BCUT2D eigenvalue weighted by atomic mass is 10.0. The molecule has 2 rings (SSSR count). The molecule has 0 aliphatic carbocycles. The molecule has 1 aromatic rings. The predicted octanol–water partition coefficient (Wildman–Crippen LogP) is 3.25. The Morgan fingerprint density at radius 2 is 2.35 bits per heavy atom. The van der Waals surface area contributed by atoms with E-state index in [9.17, 15) is 4.39 Å². The number of benzene rings is 1. The molecule has 1 unspecified atom stereocenters. The highest BCUT2D eigenvalue weighted by molar-refractivity contribution is 9.10. The van der Waals surface area contributed by atoms with Gasteiger partial charge in [0.1, 0.15) is 5.82 Å². The summed E-state index contributed by atoms with van der Waals surface area (Å²) in [5.74, 6) is -0.168. The lowest BCUT2D eigenvalue weighted by molar-refractivity contribution is 0.0206. The summed E-state index contributed by atoms with van der Waals surface area (Å²) in [7, 11) is 0. The van der Waals surface area contributed by atoms with Gasteiger partial charge in [0.25, 0.3) is 0 Å². The average molecular weight is 302 g/mol. The molecule has 1 saturated heterocycles. The highest BCUT2D eigenvalue weighted by Gasteiger charge is 2.28. The van der Waals surface area contributed by atoms with Gasteiger partial charge in [0.2, 0.25) is 0 Å². The smallest absolute Gasteiger partial charge is 0.127 e. The van der Waals surface area contributed by atoms with Gasteiger partial charge in [-0.3, -0.25) is 0 Å². The molecule has 1 aliphatic rings. The fourth-order valence-electron chi connectivity index (χ4n) is 2.12. The molecule has 1 fully saturated rings. The third-order valence-corrected chi connectivity index (χ3v) is 3.62. The van der Waals surface area contributed by atoms with E-state index in [0.29, 0.717) is 12.1 Å². The van der Waals surface area contributed by atoms with Crippen LogP contribution in [0.5, 0.6) is 0 Å². The van der Waals surface area contributed by atoms with Crippen molar-refractivity contribution in [1.82, 2.24) is 5.32 Å². The van der Waals surface area contributed by atoms with Crippen molar-refractivity contribution in [2.75, 3.05) is 13.2 Å². The van der Waals surface area contributed by atoms with Crippen molar-refractivity contribution < 1.29 is 9.13 Å². The summed E-state index contributed by atoms with van der Waals surface area (Å²) in [5.41, 5.74) is 0.601. The minimum absolute atomic E-state index is 0.0809. The van der Waals surface area contributed by atoms with Crippen LogP contribution in [0.3, 0.4) is 0 Å². The number of rotatable bonds is 4. The monoisotopic (exact) mass is 301 g/mol. The second kappa shape index (κ2) is 5.46. The maximum atomic E-state index is 13.5. The van der Waals surface area contributed by atoms with Gasteiger partial charge in [-0.25, -0.2) is 4.39 Å². The molecule has 0 radical (unpaired) electrons. The van der Waals surface area contributed by atoms with Crippen LogP contribution in [-0.2, 0) is 11.3 Å². The number of halogens is 2. The van der Waals surface area contributed by atoms with E-state index in [0.717, 1.165) is 30.5 Å². The van der Waals surface area contributed by atoms with E-state index in [-0.39, 0.29) is 11.4 Å². The maximum absolute atomic E-state index is 13.5. The lowest BCUT2D eigenvalue weighted by Crippen LogP contribution is -2.36. The first-order valence-electron chi connectivity index (χ1n) is 5.88. The summed E-state index contributed by atoms with van der Waals surface area (Å²) in [4.78, 5) is 0. The van der Waals surface area contributed by atoms with E-state index in [1.54, 1.807) is 12.1 Å². The van der Waals surface area contributed by atoms with Crippen molar-refractivity contribution in [1.29, 1.82) is 0 Å². The van der Waals surface area contributed by atoms with E-state index in [1.807, 2.05) is 0 Å². The van der Waals surface area contributed by atoms with Crippen LogP contribution in [0.25, 0.3) is 0 Å². The third-order valence-electron chi connectivity index (χ3n) is 3.12. The lowest BCUT2D eigenvalue weighted by Gasteiger charge is -2.23. The van der Waals surface area contributed by atoms with E-state index in [1.165, 1.54) is 6.07 Å². The van der Waals surface area contributed by atoms with E-state index >= 15 is 0 Å². The zero-order valence-corrected chi connectivity index (χ0v) is 11.5. The Labute approximate surface area is 110 Å². The first-order chi connectivity index (χ1) is 8.09. The molecule has 1 atom stereocenters. The summed E-state index contributed by atoms with van der Waals surface area (Å²) < 4.78 is 20.0. The Hall–Kier alpha value is -0.450. The van der Waals surface area contributed by atoms with Crippen LogP contribution in [0.1, 0.15) is 25.3 Å². The molecule has 1 heterocycles. The van der Waals surface area contributed by atoms with Gasteiger partial charge in [-0.2, -0.15) is 0 Å². The molecular formula is C13H17BrFNO. The van der Waals surface area contributed by atoms with Crippen LogP contribution in [0.15, 0.2) is 22.7 Å². The van der Waals surface area contributed by atoms with Gasteiger partial charge in [-0.05, 0) is 38.0 Å². The standard InChI is InChI=1S/C13H17BrFNO/c1-13(5-2-6-17-13)9-16-8-10-7-11(14)3-4-12(10)15/h3-4,7,16H,2,5-6,8-9H2,1H3. The van der Waals surface area contributed by atoms with E-state index in [4.69, 9.17) is 4.74 Å². The quantitative estimate of drug-likeness (QED) is 0.922. The van der Waals surface area contributed by atoms with E-state index in [2.05, 4.69) is 28.2 Å². The Morgan fingerprint density at radius 1 is 1.53 bits per heavy atom. The second-order valence-corrected chi connectivity index (χ2v) is 5.66. The van der Waals surface area contributed by atoms with Gasteiger partial charge < -0.3 is 10.1 Å². The summed E-state index contributed by atoms with van der Waals surface area (Å²) >= 11 is 3.35. The molecule has 17 heavy (non-hydrogen) atoms. The molecule has 0 aromatic heterocycles. The Kier molecular flexibility index (Phi) is 4.17. The number of hydrogen-bond donors (Lipinski definition) is 1. The van der Waals surface area contributed by atoms with Crippen LogP contribution in [0.4, 0.5) is 4.39 Å². The normalized spacial score (nSPS) is 24.2. The fraction of sp³-hybridized carbons (Fsp3) is 0.538. The molecule has 1 aliphatic heterocycles. The van der Waals surface area contributed by atoms with Gasteiger partial charge in [-0.15, -0.1) is 0 Å². The molecule has 4 heteroatoms. The molecule has 0 saturated carbocycles. The number of nitrogens with one attached hydrogen (secondary N) is 1. The van der Waals surface area contributed by atoms with Gasteiger partial charge in [0, 0.05) is 29.7 Å². The summed E-state index contributed by atoms with van der Waals surface area (Å²) in [6, 6.07) is 5.00. The molecule has 0 amide bonds. The van der Waals surface area contributed by atoms with Gasteiger partial charge >= 0.3 is 0 Å². The highest BCUT2D eigenvalue weighted by Crippen LogP contribution is 2.24. The van der Waals surface area contributed by atoms with Crippen LogP contribution < -0.4 is 5.32 Å². The zero-order chi connectivity index (χ0) is 12.3. The van der Waals surface area contributed by atoms with Gasteiger partial charge in [0.15, 0.2) is 0 Å². The minimum Gasteiger partial charge on any atom is -0.374 e. The SMILES string of the molecule is CC1(CNCc2cc(Br)ccc2F)CCCO1. The summed E-state index contributed by atoms with van der Waals surface area (Å²) in [5, 5.41) is 3.27. The Bertz CT molecular complexity index is 391. The maximum Gasteiger partial charge on any atom is 0.127 e. The average Bonchev–Trinajstić information content (AvgIpc) is 2.71. The van der Waals surface area contributed by atoms with E-state index < -0.39 is 0 Å². The van der Waals surface area contributed by atoms with Crippen molar-refractivity contribution in [3.63, 3.8) is 0 Å². The van der Waals surface area contributed by atoms with Crippen LogP contribution in [-0.4, -0.2) is 18.8 Å². The van der Waals surface area contributed by atoms with Crippen molar-refractivity contribution in [2.45, 2.75) is 31.9 Å².